The third-order valence-corrected chi connectivity index (χ3v) is 3.57. The van der Waals surface area contributed by atoms with Crippen LogP contribution >= 0.6 is 11.8 Å². The van der Waals surface area contributed by atoms with Crippen molar-refractivity contribution in [3.63, 3.8) is 0 Å². The van der Waals surface area contributed by atoms with Gasteiger partial charge in [0.15, 0.2) is 11.1 Å². The van der Waals surface area contributed by atoms with Crippen LogP contribution in [0.4, 0.5) is 19.0 Å². The van der Waals surface area contributed by atoms with Crippen LogP contribution in [0.15, 0.2) is 22.4 Å². The third-order valence-electron chi connectivity index (χ3n) is 2.63. The molecule has 1 aromatic rings. The number of hydrogen-bond donors (Lipinski definition) is 3. The van der Waals surface area contributed by atoms with Crippen molar-refractivity contribution in [3.8, 4) is 0 Å². The molecule has 0 aliphatic rings. The number of rotatable bonds is 8. The molecule has 4 N–H and O–H groups in total. The molecule has 0 unspecified atom stereocenters. The third kappa shape index (κ3) is 9.18. The molecule has 0 aliphatic carbocycles. The fourth-order valence-corrected chi connectivity index (χ4v) is 2.33. The number of nitrogens with one attached hydrogen (secondary N) is 2. The molecule has 0 saturated carbocycles. The van der Waals surface area contributed by atoms with Gasteiger partial charge in [-0.3, -0.25) is 4.79 Å². The van der Waals surface area contributed by atoms with Crippen LogP contribution in [-0.2, 0) is 4.79 Å². The van der Waals surface area contributed by atoms with E-state index in [1.807, 2.05) is 0 Å². The first-order valence-corrected chi connectivity index (χ1v) is 8.09. The average Bonchev–Trinajstić information content (AvgIpc) is 2.52. The molecule has 0 bridgehead atoms. The number of nitrogens with zero attached hydrogens (tertiary/aromatic N) is 3. The van der Waals surface area contributed by atoms with Crippen LogP contribution < -0.4 is 16.4 Å². The van der Waals surface area contributed by atoms with Crippen molar-refractivity contribution in [1.82, 2.24) is 15.3 Å². The number of carbonyl (C=O) groups is 1. The normalized spacial score (nSPS) is 12.1. The Morgan fingerprint density at radius 1 is 1.42 bits per heavy atom. The van der Waals surface area contributed by atoms with Gasteiger partial charge in [0.25, 0.3) is 0 Å². The van der Waals surface area contributed by atoms with E-state index in [-0.39, 0.29) is 17.7 Å². The van der Waals surface area contributed by atoms with E-state index in [2.05, 4.69) is 25.6 Å². The lowest BCUT2D eigenvalue weighted by atomic mass is 10.2. The van der Waals surface area contributed by atoms with Crippen molar-refractivity contribution in [1.29, 1.82) is 0 Å². The zero-order chi connectivity index (χ0) is 18.0. The SMILES string of the molecule is CNC(=O)CCCCSc1nccc(NC(N)=NCC(F)(F)F)n1. The van der Waals surface area contributed by atoms with Gasteiger partial charge in [0.05, 0.1) is 0 Å². The van der Waals surface area contributed by atoms with Gasteiger partial charge in [0, 0.05) is 25.4 Å². The van der Waals surface area contributed by atoms with Crippen LogP contribution in [0.25, 0.3) is 0 Å². The van der Waals surface area contributed by atoms with Gasteiger partial charge < -0.3 is 16.4 Å². The van der Waals surface area contributed by atoms with Crippen LogP contribution in [0.2, 0.25) is 0 Å². The number of alkyl halides is 3. The van der Waals surface area contributed by atoms with Gasteiger partial charge in [-0.15, -0.1) is 0 Å². The van der Waals surface area contributed by atoms with Crippen molar-refractivity contribution in [3.05, 3.63) is 12.3 Å². The topological polar surface area (TPSA) is 105 Å². The van der Waals surface area contributed by atoms with Crippen molar-refractivity contribution < 1.29 is 18.0 Å². The van der Waals surface area contributed by atoms with Gasteiger partial charge in [0.1, 0.15) is 12.4 Å². The molecule has 0 aliphatic heterocycles. The molecular formula is C13H19F3N6OS. The Morgan fingerprint density at radius 2 is 2.17 bits per heavy atom. The predicted molar refractivity (Wildman–Crippen MR) is 86.8 cm³/mol. The minimum atomic E-state index is -4.41. The minimum absolute atomic E-state index is 0.00364. The molecule has 0 spiro atoms. The van der Waals surface area contributed by atoms with Gasteiger partial charge in [-0.25, -0.2) is 15.0 Å². The summed E-state index contributed by atoms with van der Waals surface area (Å²) in [6, 6.07) is 1.48. The summed E-state index contributed by atoms with van der Waals surface area (Å²) in [4.78, 5) is 22.4. The number of carbonyl (C=O) groups excluding carboxylic acids is 1. The van der Waals surface area contributed by atoms with E-state index in [1.54, 1.807) is 7.05 Å². The van der Waals surface area contributed by atoms with Crippen LogP contribution in [-0.4, -0.2) is 47.4 Å². The molecule has 7 nitrogen and oxygen atoms in total. The van der Waals surface area contributed by atoms with Crippen molar-refractivity contribution >= 4 is 29.4 Å². The molecule has 1 amide bonds. The maximum absolute atomic E-state index is 12.0. The Hall–Kier alpha value is -2.04. The van der Waals surface area contributed by atoms with Crippen LogP contribution in [0.5, 0.6) is 0 Å². The second-order valence-electron chi connectivity index (χ2n) is 4.64. The molecule has 1 rings (SSSR count). The van der Waals surface area contributed by atoms with E-state index >= 15 is 0 Å². The predicted octanol–water partition coefficient (Wildman–Crippen LogP) is 1.77. The lowest BCUT2D eigenvalue weighted by molar-refractivity contribution is -0.120. The number of guanidine groups is 1. The van der Waals surface area contributed by atoms with Gasteiger partial charge in [-0.05, 0) is 18.9 Å². The summed E-state index contributed by atoms with van der Waals surface area (Å²) < 4.78 is 36.1. The highest BCUT2D eigenvalue weighted by molar-refractivity contribution is 7.99. The van der Waals surface area contributed by atoms with E-state index in [0.29, 0.717) is 11.6 Å². The standard InChI is InChI=1S/C13H19F3N6OS/c1-18-10(23)4-2-3-7-24-12-19-6-5-9(22-12)21-11(17)20-8-13(14,15)16/h5-6H,2-4,7-8H2,1H3,(H,18,23)(H3,17,19,20,21,22). The fraction of sp³-hybridized carbons (Fsp3) is 0.538. The summed E-state index contributed by atoms with van der Waals surface area (Å²) in [6.45, 7) is -1.36. The zero-order valence-electron chi connectivity index (χ0n) is 13.1. The lowest BCUT2D eigenvalue weighted by Gasteiger charge is -2.07. The number of nitrogens with two attached hydrogens (primary N) is 1. The van der Waals surface area contributed by atoms with Gasteiger partial charge in [-0.2, -0.15) is 13.2 Å². The van der Waals surface area contributed by atoms with E-state index < -0.39 is 12.7 Å². The first-order valence-electron chi connectivity index (χ1n) is 7.10. The van der Waals surface area contributed by atoms with Crippen molar-refractivity contribution in [2.75, 3.05) is 24.7 Å². The van der Waals surface area contributed by atoms with Gasteiger partial charge in [-0.1, -0.05) is 11.8 Å². The Bertz CT molecular complexity index is 567. The molecule has 1 aromatic heterocycles. The smallest absolute Gasteiger partial charge is 0.370 e. The number of amides is 1. The minimum Gasteiger partial charge on any atom is -0.370 e. The Balaban J connectivity index is 2.42. The quantitative estimate of drug-likeness (QED) is 0.213. The molecule has 0 radical (unpaired) electrons. The summed E-state index contributed by atoms with van der Waals surface area (Å²) >= 11 is 1.38. The summed E-state index contributed by atoms with van der Waals surface area (Å²) in [6.07, 6.45) is -0.908. The maximum atomic E-state index is 12.0. The summed E-state index contributed by atoms with van der Waals surface area (Å²) in [5.41, 5.74) is 5.38. The second kappa shape index (κ2) is 9.96. The highest BCUT2D eigenvalue weighted by Gasteiger charge is 2.26. The van der Waals surface area contributed by atoms with E-state index in [0.717, 1.165) is 18.6 Å². The molecule has 24 heavy (non-hydrogen) atoms. The Labute approximate surface area is 141 Å². The van der Waals surface area contributed by atoms with E-state index in [4.69, 9.17) is 5.73 Å². The van der Waals surface area contributed by atoms with Gasteiger partial charge in [0.2, 0.25) is 5.91 Å². The molecule has 11 heteroatoms. The molecule has 0 fully saturated rings. The Morgan fingerprint density at radius 3 is 2.83 bits per heavy atom. The van der Waals surface area contributed by atoms with Gasteiger partial charge >= 0.3 is 6.18 Å². The van der Waals surface area contributed by atoms with Crippen LogP contribution in [0.3, 0.4) is 0 Å². The number of aromatic nitrogens is 2. The van der Waals surface area contributed by atoms with E-state index in [9.17, 15) is 18.0 Å². The number of unbranched alkanes of at least 4 members (excludes halogenated alkanes) is 1. The van der Waals surface area contributed by atoms with Crippen LogP contribution in [0, 0.1) is 0 Å². The first-order chi connectivity index (χ1) is 11.3. The average molecular weight is 364 g/mol. The van der Waals surface area contributed by atoms with Crippen molar-refractivity contribution in [2.24, 2.45) is 10.7 Å². The second-order valence-corrected chi connectivity index (χ2v) is 5.71. The monoisotopic (exact) mass is 364 g/mol. The highest BCUT2D eigenvalue weighted by atomic mass is 32.2. The molecule has 0 aromatic carbocycles. The molecular weight excluding hydrogens is 345 g/mol. The maximum Gasteiger partial charge on any atom is 0.408 e. The summed E-state index contributed by atoms with van der Waals surface area (Å²) in [5, 5.41) is 5.50. The highest BCUT2D eigenvalue weighted by Crippen LogP contribution is 2.17. The molecule has 134 valence electrons. The molecule has 0 atom stereocenters. The molecule has 1 heterocycles. The summed E-state index contributed by atoms with van der Waals surface area (Å²) in [5.74, 6) is 0.614. The Kier molecular flexibility index (Phi) is 8.30. The fourth-order valence-electron chi connectivity index (χ4n) is 1.50. The van der Waals surface area contributed by atoms with Crippen molar-refractivity contribution in [2.45, 2.75) is 30.6 Å². The largest absolute Gasteiger partial charge is 0.408 e. The lowest BCUT2D eigenvalue weighted by Crippen LogP contribution is -2.26. The number of anilines is 1. The first kappa shape index (κ1) is 20.0. The number of halogens is 3. The summed E-state index contributed by atoms with van der Waals surface area (Å²) in [7, 11) is 1.59. The number of aliphatic imine (C=N–C) groups is 1. The van der Waals surface area contributed by atoms with E-state index in [1.165, 1.54) is 24.0 Å². The zero-order valence-corrected chi connectivity index (χ0v) is 13.9. The number of hydrogen-bond acceptors (Lipinski definition) is 5. The number of thioether (sulfide) groups is 1. The molecule has 0 saturated heterocycles. The van der Waals surface area contributed by atoms with Crippen LogP contribution in [0.1, 0.15) is 19.3 Å².